The summed E-state index contributed by atoms with van der Waals surface area (Å²) < 4.78 is 0. The van der Waals surface area contributed by atoms with E-state index in [1.54, 1.807) is 0 Å². The topological polar surface area (TPSA) is 38.8 Å². The summed E-state index contributed by atoms with van der Waals surface area (Å²) in [5.41, 5.74) is 1.44. The second-order valence-electron chi connectivity index (χ2n) is 8.39. The molecule has 0 bridgehead atoms. The minimum atomic E-state index is 0.124. The molecule has 0 unspecified atom stereocenters. The van der Waals surface area contributed by atoms with Gasteiger partial charge in [0.1, 0.15) is 0 Å². The lowest BCUT2D eigenvalue weighted by atomic mass is 9.91. The fraction of sp³-hybridized carbons (Fsp3) is 0.682. The van der Waals surface area contributed by atoms with Gasteiger partial charge >= 0.3 is 6.03 Å². The Kier molecular flexibility index (Phi) is 7.53. The van der Waals surface area contributed by atoms with E-state index in [0.29, 0.717) is 6.04 Å². The van der Waals surface area contributed by atoms with Crippen LogP contribution in [0.25, 0.3) is 0 Å². The van der Waals surface area contributed by atoms with Gasteiger partial charge in [-0.25, -0.2) is 4.79 Å². The fourth-order valence-corrected chi connectivity index (χ4v) is 4.30. The van der Waals surface area contributed by atoms with Crippen molar-refractivity contribution in [1.29, 1.82) is 0 Å². The Morgan fingerprint density at radius 3 is 2.56 bits per heavy atom. The molecule has 1 N–H and O–H groups in total. The average Bonchev–Trinajstić information content (AvgIpc) is 2.70. The fourth-order valence-electron chi connectivity index (χ4n) is 4.30. The number of rotatable bonds is 6. The van der Waals surface area contributed by atoms with Gasteiger partial charge in [-0.2, -0.15) is 0 Å². The van der Waals surface area contributed by atoms with Crippen molar-refractivity contribution in [3.8, 4) is 0 Å². The first-order valence-electron chi connectivity index (χ1n) is 10.6. The number of likely N-dealkylation sites (tertiary alicyclic amines) is 1. The first kappa shape index (κ1) is 20.2. The first-order valence-corrected chi connectivity index (χ1v) is 10.6. The van der Waals surface area contributed by atoms with Crippen LogP contribution < -0.4 is 5.32 Å². The third kappa shape index (κ3) is 6.22. The maximum atomic E-state index is 12.5. The largest absolute Gasteiger partial charge is 0.336 e. The number of benzene rings is 1. The molecular weight excluding hydrogens is 336 g/mol. The molecule has 0 saturated carbocycles. The lowest BCUT2D eigenvalue weighted by Crippen LogP contribution is -2.55. The molecule has 2 fully saturated rings. The van der Waals surface area contributed by atoms with Gasteiger partial charge in [0.2, 0.25) is 0 Å². The van der Waals surface area contributed by atoms with Gasteiger partial charge in [-0.1, -0.05) is 30.3 Å². The monoisotopic (exact) mass is 372 g/mol. The maximum absolute atomic E-state index is 12.5. The van der Waals surface area contributed by atoms with E-state index < -0.39 is 0 Å². The SMILES string of the molecule is CN1CCN(C)[C@@H](CNC(=O)N2CCC(CCCc3ccccc3)CC2)C1. The van der Waals surface area contributed by atoms with E-state index in [0.717, 1.165) is 58.0 Å². The standard InChI is InChI=1S/C22H36N4O/c1-24-15-16-25(2)21(18-24)17-23-22(27)26-13-11-20(12-14-26)10-6-9-19-7-4-3-5-8-19/h3-5,7-8,20-21H,6,9-18H2,1-2H3,(H,23,27)/t21-/m0/s1. The smallest absolute Gasteiger partial charge is 0.317 e. The Morgan fingerprint density at radius 2 is 1.81 bits per heavy atom. The number of hydrogen-bond donors (Lipinski definition) is 1. The van der Waals surface area contributed by atoms with E-state index in [-0.39, 0.29) is 6.03 Å². The molecule has 0 aromatic heterocycles. The molecule has 2 saturated heterocycles. The van der Waals surface area contributed by atoms with E-state index in [1.165, 1.54) is 24.8 Å². The molecule has 1 aromatic rings. The van der Waals surface area contributed by atoms with Crippen molar-refractivity contribution in [3.63, 3.8) is 0 Å². The van der Waals surface area contributed by atoms with Crippen LogP contribution in [0, 0.1) is 5.92 Å². The third-order valence-corrected chi connectivity index (χ3v) is 6.29. The van der Waals surface area contributed by atoms with Crippen LogP contribution in [0.3, 0.4) is 0 Å². The number of nitrogens with zero attached hydrogens (tertiary/aromatic N) is 3. The van der Waals surface area contributed by atoms with Crippen LogP contribution >= 0.6 is 0 Å². The molecule has 27 heavy (non-hydrogen) atoms. The highest BCUT2D eigenvalue weighted by atomic mass is 16.2. The van der Waals surface area contributed by atoms with Crippen LogP contribution in [0.5, 0.6) is 0 Å². The van der Waals surface area contributed by atoms with Crippen LogP contribution in [0.2, 0.25) is 0 Å². The number of likely N-dealkylation sites (N-methyl/N-ethyl adjacent to an activating group) is 2. The number of carbonyl (C=O) groups is 1. The number of piperidine rings is 1. The lowest BCUT2D eigenvalue weighted by Gasteiger charge is -2.38. The van der Waals surface area contributed by atoms with Gasteiger partial charge < -0.3 is 15.1 Å². The first-order chi connectivity index (χ1) is 13.1. The summed E-state index contributed by atoms with van der Waals surface area (Å²) in [6.45, 7) is 5.77. The highest BCUT2D eigenvalue weighted by molar-refractivity contribution is 5.74. The van der Waals surface area contributed by atoms with Crippen molar-refractivity contribution < 1.29 is 4.79 Å². The van der Waals surface area contributed by atoms with Crippen molar-refractivity contribution >= 4 is 6.03 Å². The molecule has 2 aliphatic rings. The molecule has 150 valence electrons. The predicted octanol–water partition coefficient (Wildman–Crippen LogP) is 2.68. The van der Waals surface area contributed by atoms with Crippen LogP contribution in [0.4, 0.5) is 4.79 Å². The molecule has 2 amide bonds. The van der Waals surface area contributed by atoms with E-state index in [4.69, 9.17) is 0 Å². The van der Waals surface area contributed by atoms with E-state index in [1.807, 2.05) is 4.90 Å². The van der Waals surface area contributed by atoms with E-state index >= 15 is 0 Å². The number of aryl methyl sites for hydroxylation is 1. The summed E-state index contributed by atoms with van der Waals surface area (Å²) in [5, 5.41) is 3.17. The number of hydrogen-bond acceptors (Lipinski definition) is 3. The van der Waals surface area contributed by atoms with Gasteiger partial charge in [-0.05, 0) is 57.7 Å². The van der Waals surface area contributed by atoms with Crippen LogP contribution in [0.1, 0.15) is 31.2 Å². The minimum Gasteiger partial charge on any atom is -0.336 e. The number of nitrogens with one attached hydrogen (secondary N) is 1. The van der Waals surface area contributed by atoms with E-state index in [2.05, 4.69) is 59.5 Å². The third-order valence-electron chi connectivity index (χ3n) is 6.29. The van der Waals surface area contributed by atoms with Crippen molar-refractivity contribution in [2.75, 3.05) is 53.4 Å². The number of amides is 2. The number of piperazine rings is 1. The molecule has 0 aliphatic carbocycles. The summed E-state index contributed by atoms with van der Waals surface area (Å²) in [4.78, 5) is 19.2. The Balaban J connectivity index is 1.32. The second-order valence-corrected chi connectivity index (χ2v) is 8.39. The average molecular weight is 373 g/mol. The van der Waals surface area contributed by atoms with E-state index in [9.17, 15) is 4.79 Å². The predicted molar refractivity (Wildman–Crippen MR) is 111 cm³/mol. The second kappa shape index (κ2) is 10.1. The van der Waals surface area contributed by atoms with Crippen molar-refractivity contribution in [1.82, 2.24) is 20.0 Å². The molecular formula is C22H36N4O. The van der Waals surface area contributed by atoms with Gasteiger partial charge in [0.25, 0.3) is 0 Å². The Morgan fingerprint density at radius 1 is 1.07 bits per heavy atom. The molecule has 2 heterocycles. The zero-order valence-electron chi connectivity index (χ0n) is 17.1. The molecule has 1 atom stereocenters. The molecule has 1 aromatic carbocycles. The number of carbonyl (C=O) groups excluding carboxylic acids is 1. The van der Waals surface area contributed by atoms with Gasteiger partial charge in [-0.3, -0.25) is 4.90 Å². The Bertz CT molecular complexity index is 571. The van der Waals surface area contributed by atoms with Gasteiger partial charge in [0.15, 0.2) is 0 Å². The Hall–Kier alpha value is -1.59. The summed E-state index contributed by atoms with van der Waals surface area (Å²) in [6, 6.07) is 11.3. The summed E-state index contributed by atoms with van der Waals surface area (Å²) in [6.07, 6.45) is 6.00. The molecule has 0 radical (unpaired) electrons. The summed E-state index contributed by atoms with van der Waals surface area (Å²) in [7, 11) is 4.31. The zero-order chi connectivity index (χ0) is 19.1. The summed E-state index contributed by atoms with van der Waals surface area (Å²) in [5.74, 6) is 0.774. The Labute approximate surface area is 164 Å². The highest BCUT2D eigenvalue weighted by Gasteiger charge is 2.25. The van der Waals surface area contributed by atoms with Crippen molar-refractivity contribution in [3.05, 3.63) is 35.9 Å². The molecule has 0 spiro atoms. The maximum Gasteiger partial charge on any atom is 0.317 e. The molecule has 3 rings (SSSR count). The van der Waals surface area contributed by atoms with Crippen molar-refractivity contribution in [2.45, 2.75) is 38.1 Å². The van der Waals surface area contributed by atoms with Gasteiger partial charge in [0, 0.05) is 45.3 Å². The normalized spacial score (nSPS) is 22.7. The quantitative estimate of drug-likeness (QED) is 0.834. The minimum absolute atomic E-state index is 0.124. The molecule has 5 heteroatoms. The molecule has 2 aliphatic heterocycles. The van der Waals surface area contributed by atoms with Crippen molar-refractivity contribution in [2.24, 2.45) is 5.92 Å². The highest BCUT2D eigenvalue weighted by Crippen LogP contribution is 2.23. The lowest BCUT2D eigenvalue weighted by molar-refractivity contribution is 0.111. The van der Waals surface area contributed by atoms with Crippen LogP contribution in [-0.2, 0) is 6.42 Å². The van der Waals surface area contributed by atoms with Crippen LogP contribution in [0.15, 0.2) is 30.3 Å². The van der Waals surface area contributed by atoms with Gasteiger partial charge in [0.05, 0.1) is 0 Å². The molecule has 5 nitrogen and oxygen atoms in total. The summed E-state index contributed by atoms with van der Waals surface area (Å²) >= 11 is 0. The van der Waals surface area contributed by atoms with Crippen LogP contribution in [-0.4, -0.2) is 80.1 Å². The number of urea groups is 1. The zero-order valence-corrected chi connectivity index (χ0v) is 17.1. The van der Waals surface area contributed by atoms with Gasteiger partial charge in [-0.15, -0.1) is 0 Å².